The Morgan fingerprint density at radius 3 is 2.50 bits per heavy atom. The molecule has 24 heavy (non-hydrogen) atoms. The summed E-state index contributed by atoms with van der Waals surface area (Å²) in [6.07, 6.45) is 8.26. The quantitative estimate of drug-likeness (QED) is 0.870. The molecule has 0 unspecified atom stereocenters. The Morgan fingerprint density at radius 1 is 1.08 bits per heavy atom. The van der Waals surface area contributed by atoms with Gasteiger partial charge in [-0.15, -0.1) is 0 Å². The SMILES string of the molecule is COc1ccccc1N1CCN(C[C@H](N)CC2CCCCC2)CC1. The zero-order valence-electron chi connectivity index (χ0n) is 15.1. The third-order valence-electron chi connectivity index (χ3n) is 5.65. The van der Waals surface area contributed by atoms with Crippen LogP contribution in [0.25, 0.3) is 0 Å². The maximum absolute atomic E-state index is 6.45. The molecule has 0 spiro atoms. The molecule has 4 nitrogen and oxygen atoms in total. The van der Waals surface area contributed by atoms with Crippen LogP contribution < -0.4 is 15.4 Å². The highest BCUT2D eigenvalue weighted by Crippen LogP contribution is 2.29. The van der Waals surface area contributed by atoms with E-state index in [0.29, 0.717) is 6.04 Å². The molecule has 2 N–H and O–H groups in total. The molecule has 0 aromatic heterocycles. The maximum atomic E-state index is 6.45. The molecule has 134 valence electrons. The summed E-state index contributed by atoms with van der Waals surface area (Å²) in [7, 11) is 1.75. The minimum atomic E-state index is 0.339. The van der Waals surface area contributed by atoms with E-state index in [4.69, 9.17) is 10.5 Å². The van der Waals surface area contributed by atoms with Gasteiger partial charge in [0.05, 0.1) is 12.8 Å². The lowest BCUT2D eigenvalue weighted by Gasteiger charge is -2.38. The predicted octanol–water partition coefficient (Wildman–Crippen LogP) is 3.11. The van der Waals surface area contributed by atoms with Crippen molar-refractivity contribution in [3.8, 4) is 5.75 Å². The molecule has 1 aromatic carbocycles. The van der Waals surface area contributed by atoms with E-state index in [1.54, 1.807) is 7.11 Å². The molecule has 4 heteroatoms. The topological polar surface area (TPSA) is 41.7 Å². The lowest BCUT2D eigenvalue weighted by Crippen LogP contribution is -2.50. The van der Waals surface area contributed by atoms with Crippen LogP contribution in [-0.4, -0.2) is 50.8 Å². The summed E-state index contributed by atoms with van der Waals surface area (Å²) >= 11 is 0. The molecule has 1 aliphatic carbocycles. The van der Waals surface area contributed by atoms with Crippen molar-refractivity contribution in [1.29, 1.82) is 0 Å². The fraction of sp³-hybridized carbons (Fsp3) is 0.700. The van der Waals surface area contributed by atoms with Gasteiger partial charge >= 0.3 is 0 Å². The number of anilines is 1. The minimum absolute atomic E-state index is 0.339. The summed E-state index contributed by atoms with van der Waals surface area (Å²) < 4.78 is 5.50. The Kier molecular flexibility index (Phi) is 6.38. The summed E-state index contributed by atoms with van der Waals surface area (Å²) in [4.78, 5) is 4.97. The lowest BCUT2D eigenvalue weighted by atomic mass is 9.85. The van der Waals surface area contributed by atoms with Crippen LogP contribution >= 0.6 is 0 Å². The van der Waals surface area contributed by atoms with Gasteiger partial charge < -0.3 is 15.4 Å². The smallest absolute Gasteiger partial charge is 0.142 e. The van der Waals surface area contributed by atoms with E-state index in [1.165, 1.54) is 44.2 Å². The van der Waals surface area contributed by atoms with Crippen LogP contribution in [0.5, 0.6) is 5.75 Å². The van der Waals surface area contributed by atoms with Gasteiger partial charge in [-0.25, -0.2) is 0 Å². The standard InChI is InChI=1S/C20H33N3O/c1-24-20-10-6-5-9-19(20)23-13-11-22(12-14-23)16-18(21)15-17-7-3-2-4-8-17/h5-6,9-10,17-18H,2-4,7-8,11-16,21H2,1H3/t18-/m1/s1. The van der Waals surface area contributed by atoms with Crippen molar-refractivity contribution < 1.29 is 4.74 Å². The average molecular weight is 332 g/mol. The van der Waals surface area contributed by atoms with Gasteiger partial charge in [-0.3, -0.25) is 4.90 Å². The summed E-state index contributed by atoms with van der Waals surface area (Å²) in [5, 5.41) is 0. The van der Waals surface area contributed by atoms with Gasteiger partial charge in [0.2, 0.25) is 0 Å². The number of piperazine rings is 1. The second kappa shape index (κ2) is 8.72. The lowest BCUT2D eigenvalue weighted by molar-refractivity contribution is 0.219. The number of para-hydroxylation sites is 2. The number of nitrogens with two attached hydrogens (primary N) is 1. The highest BCUT2D eigenvalue weighted by atomic mass is 16.5. The third-order valence-corrected chi connectivity index (χ3v) is 5.65. The van der Waals surface area contributed by atoms with Gasteiger partial charge in [-0.2, -0.15) is 0 Å². The van der Waals surface area contributed by atoms with E-state index in [2.05, 4.69) is 21.9 Å². The Morgan fingerprint density at radius 2 is 1.79 bits per heavy atom. The number of rotatable bonds is 6. The number of benzene rings is 1. The van der Waals surface area contributed by atoms with Gasteiger partial charge in [0.15, 0.2) is 0 Å². The number of hydrogen-bond acceptors (Lipinski definition) is 4. The number of methoxy groups -OCH3 is 1. The zero-order valence-corrected chi connectivity index (χ0v) is 15.1. The van der Waals surface area contributed by atoms with E-state index in [0.717, 1.165) is 44.4 Å². The van der Waals surface area contributed by atoms with Crippen molar-refractivity contribution in [2.24, 2.45) is 11.7 Å². The molecule has 0 bridgehead atoms. The Bertz CT molecular complexity index is 493. The van der Waals surface area contributed by atoms with Crippen LogP contribution in [0.4, 0.5) is 5.69 Å². The van der Waals surface area contributed by atoms with Crippen molar-refractivity contribution >= 4 is 5.69 Å². The van der Waals surface area contributed by atoms with E-state index in [1.807, 2.05) is 12.1 Å². The molecule has 1 aromatic rings. The third kappa shape index (κ3) is 4.64. The Labute approximate surface area is 147 Å². The van der Waals surface area contributed by atoms with Crippen LogP contribution in [0.15, 0.2) is 24.3 Å². The Balaban J connectivity index is 1.44. The van der Waals surface area contributed by atoms with Crippen molar-refractivity contribution in [3.63, 3.8) is 0 Å². The van der Waals surface area contributed by atoms with Crippen LogP contribution in [0, 0.1) is 5.92 Å². The molecule has 0 amide bonds. The van der Waals surface area contributed by atoms with Gasteiger partial charge in [0, 0.05) is 38.8 Å². The van der Waals surface area contributed by atoms with Crippen LogP contribution in [0.3, 0.4) is 0 Å². The van der Waals surface area contributed by atoms with Gasteiger partial charge in [0.1, 0.15) is 5.75 Å². The maximum Gasteiger partial charge on any atom is 0.142 e. The molecular formula is C20H33N3O. The van der Waals surface area contributed by atoms with Crippen LogP contribution in [0.2, 0.25) is 0 Å². The molecule has 3 rings (SSSR count). The van der Waals surface area contributed by atoms with Crippen molar-refractivity contribution in [3.05, 3.63) is 24.3 Å². The zero-order chi connectivity index (χ0) is 16.8. The largest absolute Gasteiger partial charge is 0.495 e. The number of nitrogens with zero attached hydrogens (tertiary/aromatic N) is 2. The van der Waals surface area contributed by atoms with Crippen LogP contribution in [-0.2, 0) is 0 Å². The van der Waals surface area contributed by atoms with Gasteiger partial charge in [0.25, 0.3) is 0 Å². The summed E-state index contributed by atoms with van der Waals surface area (Å²) in [6.45, 7) is 5.34. The molecule has 0 radical (unpaired) electrons. The second-order valence-electron chi connectivity index (χ2n) is 7.46. The van der Waals surface area contributed by atoms with E-state index >= 15 is 0 Å². The summed E-state index contributed by atoms with van der Waals surface area (Å²) in [5.74, 6) is 1.85. The van der Waals surface area contributed by atoms with Crippen LogP contribution in [0.1, 0.15) is 38.5 Å². The van der Waals surface area contributed by atoms with E-state index < -0.39 is 0 Å². The number of hydrogen-bond donors (Lipinski definition) is 1. The van der Waals surface area contributed by atoms with Gasteiger partial charge in [-0.05, 0) is 24.5 Å². The molecule has 2 aliphatic rings. The second-order valence-corrected chi connectivity index (χ2v) is 7.46. The van der Waals surface area contributed by atoms with Crippen molar-refractivity contribution in [2.45, 2.75) is 44.6 Å². The first-order chi connectivity index (χ1) is 11.8. The average Bonchev–Trinajstić information content (AvgIpc) is 2.63. The molecule has 1 heterocycles. The van der Waals surface area contributed by atoms with Crippen molar-refractivity contribution in [2.75, 3.05) is 44.7 Å². The first-order valence-corrected chi connectivity index (χ1v) is 9.62. The summed E-state index contributed by atoms with van der Waals surface area (Å²) in [5.41, 5.74) is 7.67. The normalized spacial score (nSPS) is 21.7. The number of ether oxygens (including phenoxy) is 1. The van der Waals surface area contributed by atoms with Crippen molar-refractivity contribution in [1.82, 2.24) is 4.90 Å². The monoisotopic (exact) mass is 331 g/mol. The Hall–Kier alpha value is -1.26. The molecule has 1 aliphatic heterocycles. The highest BCUT2D eigenvalue weighted by molar-refractivity contribution is 5.58. The highest BCUT2D eigenvalue weighted by Gasteiger charge is 2.22. The predicted molar refractivity (Wildman–Crippen MR) is 101 cm³/mol. The molecule has 1 saturated carbocycles. The van der Waals surface area contributed by atoms with Gasteiger partial charge in [-0.1, -0.05) is 44.2 Å². The molecule has 2 fully saturated rings. The fourth-order valence-electron chi connectivity index (χ4n) is 4.32. The van der Waals surface area contributed by atoms with E-state index in [-0.39, 0.29) is 0 Å². The molecule has 1 saturated heterocycles. The minimum Gasteiger partial charge on any atom is -0.495 e. The molecule has 1 atom stereocenters. The van der Waals surface area contributed by atoms with E-state index in [9.17, 15) is 0 Å². The molecular weight excluding hydrogens is 298 g/mol. The summed E-state index contributed by atoms with van der Waals surface area (Å²) in [6, 6.07) is 8.66. The fourth-order valence-corrected chi connectivity index (χ4v) is 4.32. The first-order valence-electron chi connectivity index (χ1n) is 9.62. The first kappa shape index (κ1) is 17.6.